The highest BCUT2D eigenvalue weighted by Gasteiger charge is 2.29. The lowest BCUT2D eigenvalue weighted by Gasteiger charge is -2.14. The van der Waals surface area contributed by atoms with Crippen molar-refractivity contribution >= 4 is 17.7 Å². The number of nitrogens with zero attached hydrogens (tertiary/aromatic N) is 1. The predicted molar refractivity (Wildman–Crippen MR) is 64.3 cm³/mol. The molecule has 0 saturated carbocycles. The number of esters is 1. The Morgan fingerprint density at radius 2 is 2.42 bits per heavy atom. The molecule has 1 fully saturated rings. The highest BCUT2D eigenvalue weighted by atomic mass is 32.2. The van der Waals surface area contributed by atoms with Crippen LogP contribution >= 0.6 is 11.8 Å². The minimum atomic E-state index is -1.07. The fourth-order valence-corrected chi connectivity index (χ4v) is 2.53. The Morgan fingerprint density at radius 3 is 3.11 bits per heavy atom. The molecule has 2 rings (SSSR count). The summed E-state index contributed by atoms with van der Waals surface area (Å²) in [6.45, 7) is 1.33. The van der Waals surface area contributed by atoms with Crippen molar-refractivity contribution in [2.24, 2.45) is 0 Å². The Morgan fingerprint density at radius 1 is 1.68 bits per heavy atom. The van der Waals surface area contributed by atoms with Gasteiger partial charge in [0.15, 0.2) is 0 Å². The molecule has 1 aliphatic rings. The van der Waals surface area contributed by atoms with Gasteiger partial charge in [-0.1, -0.05) is 0 Å². The maximum absolute atomic E-state index is 13.1. The number of thioether (sulfide) groups is 1. The molecule has 1 aromatic rings. The van der Waals surface area contributed by atoms with Gasteiger partial charge in [-0.3, -0.25) is 19.1 Å². The number of carbonyl (C=O) groups is 1. The van der Waals surface area contributed by atoms with Crippen molar-refractivity contribution in [2.75, 3.05) is 12.4 Å². The summed E-state index contributed by atoms with van der Waals surface area (Å²) in [6, 6.07) is 0. The molecule has 19 heavy (non-hydrogen) atoms. The van der Waals surface area contributed by atoms with Gasteiger partial charge in [0.25, 0.3) is 5.56 Å². The molecule has 2 atom stereocenters. The number of carbonyl (C=O) groups excluding carboxylic acids is 1. The zero-order valence-electron chi connectivity index (χ0n) is 9.92. The average molecular weight is 290 g/mol. The molecule has 0 unspecified atom stereocenters. The van der Waals surface area contributed by atoms with Gasteiger partial charge in [0, 0.05) is 12.7 Å². The van der Waals surface area contributed by atoms with Crippen molar-refractivity contribution in [3.63, 3.8) is 0 Å². The van der Waals surface area contributed by atoms with E-state index in [2.05, 4.69) is 0 Å². The second-order valence-corrected chi connectivity index (χ2v) is 4.99. The number of halogens is 1. The molecule has 0 amide bonds. The second kappa shape index (κ2) is 5.57. The maximum Gasteiger partial charge on any atom is 0.330 e. The minimum Gasteiger partial charge on any atom is -0.462 e. The molecule has 0 spiro atoms. The number of rotatable bonds is 3. The molecule has 0 radical (unpaired) electrons. The fraction of sp³-hybridized carbons (Fsp3) is 0.500. The summed E-state index contributed by atoms with van der Waals surface area (Å²) in [4.78, 5) is 34.9. The number of ether oxygens (including phenoxy) is 2. The van der Waals surface area contributed by atoms with Gasteiger partial charge in [-0.05, 0) is 0 Å². The molecule has 1 aliphatic heterocycles. The number of hydrogen-bond donors (Lipinski definition) is 1. The quantitative estimate of drug-likeness (QED) is 0.777. The van der Waals surface area contributed by atoms with Crippen molar-refractivity contribution < 1.29 is 18.7 Å². The number of aromatic amines is 1. The molecule has 1 saturated heterocycles. The summed E-state index contributed by atoms with van der Waals surface area (Å²) < 4.78 is 24.3. The third-order valence-corrected chi connectivity index (χ3v) is 3.49. The third kappa shape index (κ3) is 3.24. The van der Waals surface area contributed by atoms with Crippen molar-refractivity contribution in [1.29, 1.82) is 0 Å². The molecule has 1 N–H and O–H groups in total. The molecule has 0 bridgehead atoms. The van der Waals surface area contributed by atoms with Gasteiger partial charge in [0.2, 0.25) is 5.82 Å². The molecule has 1 aromatic heterocycles. The van der Waals surface area contributed by atoms with E-state index in [1.165, 1.54) is 18.7 Å². The van der Waals surface area contributed by atoms with E-state index in [0.717, 1.165) is 10.8 Å². The van der Waals surface area contributed by atoms with Gasteiger partial charge in [-0.2, -0.15) is 4.39 Å². The van der Waals surface area contributed by atoms with Gasteiger partial charge in [-0.15, -0.1) is 11.8 Å². The van der Waals surface area contributed by atoms with Crippen molar-refractivity contribution in [3.8, 4) is 0 Å². The summed E-state index contributed by atoms with van der Waals surface area (Å²) in [5.74, 6) is -1.10. The molecule has 0 aliphatic carbocycles. The van der Waals surface area contributed by atoms with Gasteiger partial charge >= 0.3 is 11.7 Å². The van der Waals surface area contributed by atoms with Crippen molar-refractivity contribution in [1.82, 2.24) is 9.55 Å². The van der Waals surface area contributed by atoms with Gasteiger partial charge < -0.3 is 9.47 Å². The normalized spacial score (nSPS) is 22.4. The number of hydrogen-bond acceptors (Lipinski definition) is 6. The lowest BCUT2D eigenvalue weighted by atomic mass is 10.5. The fourth-order valence-electron chi connectivity index (χ4n) is 1.54. The van der Waals surface area contributed by atoms with Crippen LogP contribution in [0.5, 0.6) is 0 Å². The summed E-state index contributed by atoms with van der Waals surface area (Å²) in [5, 5.41) is 0. The van der Waals surface area contributed by atoms with Gasteiger partial charge in [-0.25, -0.2) is 4.79 Å². The molecular formula is C10H11FN2O5S. The predicted octanol–water partition coefficient (Wildman–Crippen LogP) is -0.173. The first-order valence-corrected chi connectivity index (χ1v) is 6.43. The van der Waals surface area contributed by atoms with Crippen LogP contribution in [-0.4, -0.2) is 33.3 Å². The minimum absolute atomic E-state index is 0.0527. The molecule has 7 nitrogen and oxygen atoms in total. The lowest BCUT2D eigenvalue weighted by Crippen LogP contribution is -2.34. The van der Waals surface area contributed by atoms with E-state index in [4.69, 9.17) is 9.47 Å². The van der Waals surface area contributed by atoms with Crippen LogP contribution in [0.1, 0.15) is 13.2 Å². The van der Waals surface area contributed by atoms with Crippen LogP contribution in [0.3, 0.4) is 0 Å². The molecule has 0 aromatic carbocycles. The maximum atomic E-state index is 13.1. The summed E-state index contributed by atoms with van der Waals surface area (Å²) in [5.41, 5.74) is -2.23. The van der Waals surface area contributed by atoms with E-state index < -0.39 is 34.7 Å². The largest absolute Gasteiger partial charge is 0.462 e. The first-order chi connectivity index (χ1) is 8.97. The first-order valence-electron chi connectivity index (χ1n) is 5.39. The van der Waals surface area contributed by atoms with Crippen LogP contribution in [0.4, 0.5) is 4.39 Å². The summed E-state index contributed by atoms with van der Waals surface area (Å²) >= 11 is 1.33. The van der Waals surface area contributed by atoms with Crippen molar-refractivity contribution in [3.05, 3.63) is 32.9 Å². The standard InChI is InChI=1S/C10H11FN2O5S/c1-5(14)17-3-8-18-7(4-19-8)13-2-6(11)9(15)12-10(13)16/h2,7-8H,3-4H2,1H3,(H,12,15,16)/t7-,8+/m1/s1. The van der Waals surface area contributed by atoms with E-state index in [1.807, 2.05) is 4.98 Å². The summed E-state index contributed by atoms with van der Waals surface area (Å²) in [6.07, 6.45) is 0.102. The van der Waals surface area contributed by atoms with Gasteiger partial charge in [0.1, 0.15) is 18.3 Å². The van der Waals surface area contributed by atoms with Crippen LogP contribution in [0, 0.1) is 5.82 Å². The van der Waals surface area contributed by atoms with Crippen LogP contribution in [-0.2, 0) is 14.3 Å². The highest BCUT2D eigenvalue weighted by molar-refractivity contribution is 8.00. The Kier molecular flexibility index (Phi) is 4.05. The van der Waals surface area contributed by atoms with Crippen LogP contribution in [0.2, 0.25) is 0 Å². The highest BCUT2D eigenvalue weighted by Crippen LogP contribution is 2.30. The van der Waals surface area contributed by atoms with E-state index in [0.29, 0.717) is 5.75 Å². The molecule has 104 valence electrons. The zero-order valence-corrected chi connectivity index (χ0v) is 10.7. The van der Waals surface area contributed by atoms with E-state index >= 15 is 0 Å². The third-order valence-electron chi connectivity index (χ3n) is 2.39. The Hall–Kier alpha value is -1.61. The average Bonchev–Trinajstić information content (AvgIpc) is 2.80. The smallest absolute Gasteiger partial charge is 0.330 e. The summed E-state index contributed by atoms with van der Waals surface area (Å²) in [7, 11) is 0. The molecule has 2 heterocycles. The molecular weight excluding hydrogens is 279 g/mol. The van der Waals surface area contributed by atoms with Crippen LogP contribution in [0.15, 0.2) is 15.8 Å². The Bertz CT molecular complexity index is 598. The van der Waals surface area contributed by atoms with E-state index in [1.54, 1.807) is 0 Å². The Balaban J connectivity index is 2.09. The van der Waals surface area contributed by atoms with E-state index in [9.17, 15) is 18.8 Å². The van der Waals surface area contributed by atoms with Gasteiger partial charge in [0.05, 0.1) is 6.20 Å². The lowest BCUT2D eigenvalue weighted by molar-refractivity contribution is -0.144. The topological polar surface area (TPSA) is 90.4 Å². The van der Waals surface area contributed by atoms with Crippen LogP contribution in [0.25, 0.3) is 0 Å². The molecule has 9 heteroatoms. The number of nitrogens with one attached hydrogen (secondary N) is 1. The van der Waals surface area contributed by atoms with Crippen molar-refractivity contribution in [2.45, 2.75) is 18.6 Å². The van der Waals surface area contributed by atoms with E-state index in [-0.39, 0.29) is 6.61 Å². The SMILES string of the molecule is CC(=O)OC[C@H]1O[C@@H](n2cc(F)c(=O)[nH]c2=O)CS1. The van der Waals surface area contributed by atoms with Crippen LogP contribution < -0.4 is 11.2 Å². The zero-order chi connectivity index (χ0) is 14.0. The monoisotopic (exact) mass is 290 g/mol. The second-order valence-electron chi connectivity index (χ2n) is 3.80. The number of aromatic nitrogens is 2. The number of H-pyrrole nitrogens is 1. The Labute approximate surface area is 110 Å². The first kappa shape index (κ1) is 13.8.